The van der Waals surface area contributed by atoms with Gasteiger partial charge in [0.05, 0.1) is 0 Å². The van der Waals surface area contributed by atoms with Gasteiger partial charge in [0.25, 0.3) is 0 Å². The first kappa shape index (κ1) is 12.1. The molecule has 0 aliphatic heterocycles. The number of aromatic nitrogens is 2. The molecule has 5 nitrogen and oxygen atoms in total. The highest BCUT2D eigenvalue weighted by Crippen LogP contribution is 2.29. The quantitative estimate of drug-likeness (QED) is 0.550. The maximum Gasteiger partial charge on any atom is 0.148 e. The Morgan fingerprint density at radius 3 is 2.59 bits per heavy atom. The highest BCUT2D eigenvalue weighted by atomic mass is 15.3. The predicted molar refractivity (Wildman–Crippen MR) is 69.6 cm³/mol. The summed E-state index contributed by atoms with van der Waals surface area (Å²) in [4.78, 5) is 8.36. The molecule has 1 atom stereocenters. The van der Waals surface area contributed by atoms with Gasteiger partial charge in [-0.1, -0.05) is 12.8 Å². The van der Waals surface area contributed by atoms with Crippen LogP contribution in [-0.4, -0.2) is 16.0 Å². The molecule has 0 aromatic carbocycles. The Balaban J connectivity index is 2.07. The van der Waals surface area contributed by atoms with E-state index < -0.39 is 0 Å². The number of nitrogens with one attached hydrogen (secondary N) is 2. The first-order valence-electron chi connectivity index (χ1n) is 6.27. The van der Waals surface area contributed by atoms with Crippen molar-refractivity contribution in [3.63, 3.8) is 0 Å². The van der Waals surface area contributed by atoms with Gasteiger partial charge in [0.2, 0.25) is 0 Å². The molecule has 1 fully saturated rings. The molecule has 0 bridgehead atoms. The van der Waals surface area contributed by atoms with Crippen molar-refractivity contribution in [1.29, 1.82) is 0 Å². The van der Waals surface area contributed by atoms with Crippen LogP contribution in [0, 0.1) is 12.8 Å². The SMILES string of the molecule is Cc1c(NN)ncnc1NC(C)C1CCCC1. The maximum absolute atomic E-state index is 5.40. The van der Waals surface area contributed by atoms with E-state index in [4.69, 9.17) is 5.84 Å². The third kappa shape index (κ3) is 2.66. The summed E-state index contributed by atoms with van der Waals surface area (Å²) in [5, 5.41) is 3.48. The molecule has 94 valence electrons. The lowest BCUT2D eigenvalue weighted by Crippen LogP contribution is -2.25. The summed E-state index contributed by atoms with van der Waals surface area (Å²) in [6.07, 6.45) is 6.89. The molecule has 17 heavy (non-hydrogen) atoms. The molecule has 1 aromatic rings. The molecule has 4 N–H and O–H groups in total. The number of nitrogens with two attached hydrogens (primary N) is 1. The predicted octanol–water partition coefficient (Wildman–Crippen LogP) is 2.06. The Kier molecular flexibility index (Phi) is 3.78. The normalized spacial score (nSPS) is 18.1. The lowest BCUT2D eigenvalue weighted by molar-refractivity contribution is 0.481. The first-order valence-corrected chi connectivity index (χ1v) is 6.27. The van der Waals surface area contributed by atoms with Crippen LogP contribution < -0.4 is 16.6 Å². The van der Waals surface area contributed by atoms with E-state index in [0.29, 0.717) is 11.9 Å². The van der Waals surface area contributed by atoms with Crippen molar-refractivity contribution in [1.82, 2.24) is 9.97 Å². The molecule has 1 aliphatic carbocycles. The van der Waals surface area contributed by atoms with Crippen LogP contribution >= 0.6 is 0 Å². The average molecular weight is 235 g/mol. The minimum absolute atomic E-state index is 0.455. The number of nitrogens with zero attached hydrogens (tertiary/aromatic N) is 2. The second-order valence-corrected chi connectivity index (χ2v) is 4.82. The summed E-state index contributed by atoms with van der Waals surface area (Å²) in [6, 6.07) is 0.455. The Labute approximate surface area is 102 Å². The van der Waals surface area contributed by atoms with Crippen LogP contribution in [-0.2, 0) is 0 Å². The molecule has 5 heteroatoms. The lowest BCUT2D eigenvalue weighted by atomic mass is 10.00. The summed E-state index contributed by atoms with van der Waals surface area (Å²) in [5.41, 5.74) is 3.56. The molecule has 1 heterocycles. The van der Waals surface area contributed by atoms with E-state index >= 15 is 0 Å². The number of hydrogen-bond acceptors (Lipinski definition) is 5. The topological polar surface area (TPSA) is 75.9 Å². The number of hydrazine groups is 1. The van der Waals surface area contributed by atoms with E-state index in [2.05, 4.69) is 27.6 Å². The van der Waals surface area contributed by atoms with Gasteiger partial charge in [-0.3, -0.25) is 0 Å². The summed E-state index contributed by atoms with van der Waals surface area (Å²) >= 11 is 0. The highest BCUT2D eigenvalue weighted by Gasteiger charge is 2.22. The van der Waals surface area contributed by atoms with Gasteiger partial charge in [0.1, 0.15) is 18.0 Å². The monoisotopic (exact) mass is 235 g/mol. The maximum atomic E-state index is 5.40. The summed E-state index contributed by atoms with van der Waals surface area (Å²) < 4.78 is 0. The van der Waals surface area contributed by atoms with Crippen molar-refractivity contribution in [2.75, 3.05) is 10.7 Å². The molecule has 1 unspecified atom stereocenters. The van der Waals surface area contributed by atoms with E-state index in [1.165, 1.54) is 32.0 Å². The van der Waals surface area contributed by atoms with Crippen LogP contribution in [0.25, 0.3) is 0 Å². The molecule has 0 spiro atoms. The Bertz CT molecular complexity index is 373. The van der Waals surface area contributed by atoms with Crippen LogP contribution in [0.5, 0.6) is 0 Å². The molecule has 0 saturated heterocycles. The standard InChI is InChI=1S/C12H21N5/c1-8-11(14-7-15-12(8)17-13)16-9(2)10-5-3-4-6-10/h7,9-10H,3-6,13H2,1-2H3,(H2,14,15,16,17). The van der Waals surface area contributed by atoms with Crippen LogP contribution in [0.3, 0.4) is 0 Å². The van der Waals surface area contributed by atoms with Crippen molar-refractivity contribution in [3.8, 4) is 0 Å². The van der Waals surface area contributed by atoms with Crippen LogP contribution in [0.4, 0.5) is 11.6 Å². The van der Waals surface area contributed by atoms with Gasteiger partial charge < -0.3 is 10.7 Å². The Hall–Kier alpha value is -1.36. The number of rotatable bonds is 4. The van der Waals surface area contributed by atoms with Gasteiger partial charge in [-0.2, -0.15) is 0 Å². The van der Waals surface area contributed by atoms with Gasteiger partial charge in [-0.05, 0) is 32.6 Å². The molecule has 0 amide bonds. The third-order valence-corrected chi connectivity index (χ3v) is 3.69. The van der Waals surface area contributed by atoms with Crippen molar-refractivity contribution in [2.45, 2.75) is 45.6 Å². The zero-order valence-electron chi connectivity index (χ0n) is 10.5. The fraction of sp³-hybridized carbons (Fsp3) is 0.667. The largest absolute Gasteiger partial charge is 0.367 e. The molecule has 2 rings (SSSR count). The fourth-order valence-electron chi connectivity index (χ4n) is 2.53. The number of hydrogen-bond donors (Lipinski definition) is 3. The van der Waals surface area contributed by atoms with E-state index in [9.17, 15) is 0 Å². The van der Waals surface area contributed by atoms with Gasteiger partial charge >= 0.3 is 0 Å². The molecule has 0 radical (unpaired) electrons. The van der Waals surface area contributed by atoms with Crippen LogP contribution in [0.15, 0.2) is 6.33 Å². The molecule has 1 aromatic heterocycles. The second-order valence-electron chi connectivity index (χ2n) is 4.82. The minimum atomic E-state index is 0.455. The highest BCUT2D eigenvalue weighted by molar-refractivity contribution is 5.56. The number of anilines is 2. The lowest BCUT2D eigenvalue weighted by Gasteiger charge is -2.22. The van der Waals surface area contributed by atoms with Crippen molar-refractivity contribution in [2.24, 2.45) is 11.8 Å². The number of nitrogen functional groups attached to an aromatic ring is 1. The first-order chi connectivity index (χ1) is 8.22. The summed E-state index contributed by atoms with van der Waals surface area (Å²) in [6.45, 7) is 4.20. The molecular weight excluding hydrogens is 214 g/mol. The average Bonchev–Trinajstić information content (AvgIpc) is 2.85. The van der Waals surface area contributed by atoms with E-state index in [1.54, 1.807) is 0 Å². The van der Waals surface area contributed by atoms with E-state index in [1.807, 2.05) is 6.92 Å². The smallest absolute Gasteiger partial charge is 0.148 e. The van der Waals surface area contributed by atoms with Gasteiger partial charge in [0.15, 0.2) is 0 Å². The van der Waals surface area contributed by atoms with Crippen molar-refractivity contribution in [3.05, 3.63) is 11.9 Å². The minimum Gasteiger partial charge on any atom is -0.367 e. The van der Waals surface area contributed by atoms with E-state index in [-0.39, 0.29) is 0 Å². The van der Waals surface area contributed by atoms with Gasteiger partial charge in [-0.25, -0.2) is 15.8 Å². The van der Waals surface area contributed by atoms with Crippen molar-refractivity contribution < 1.29 is 0 Å². The Morgan fingerprint density at radius 2 is 1.94 bits per heavy atom. The third-order valence-electron chi connectivity index (χ3n) is 3.69. The molecule has 1 saturated carbocycles. The van der Waals surface area contributed by atoms with Crippen molar-refractivity contribution >= 4 is 11.6 Å². The van der Waals surface area contributed by atoms with E-state index in [0.717, 1.165) is 17.3 Å². The molecular formula is C12H21N5. The zero-order chi connectivity index (χ0) is 12.3. The fourth-order valence-corrected chi connectivity index (χ4v) is 2.53. The summed E-state index contributed by atoms with van der Waals surface area (Å²) in [5.74, 6) is 7.73. The summed E-state index contributed by atoms with van der Waals surface area (Å²) in [7, 11) is 0. The van der Waals surface area contributed by atoms with Crippen LogP contribution in [0.1, 0.15) is 38.2 Å². The van der Waals surface area contributed by atoms with Gasteiger partial charge in [0, 0.05) is 11.6 Å². The van der Waals surface area contributed by atoms with Gasteiger partial charge in [-0.15, -0.1) is 0 Å². The second kappa shape index (κ2) is 5.31. The van der Waals surface area contributed by atoms with Crippen LogP contribution in [0.2, 0.25) is 0 Å². The Morgan fingerprint density at radius 1 is 1.29 bits per heavy atom. The molecule has 1 aliphatic rings. The zero-order valence-corrected chi connectivity index (χ0v) is 10.5.